The van der Waals surface area contributed by atoms with Gasteiger partial charge in [0.05, 0.1) is 20.5 Å². The molecule has 6 rings (SSSR count). The van der Waals surface area contributed by atoms with Gasteiger partial charge in [-0.25, -0.2) is 17.5 Å². The van der Waals surface area contributed by atoms with E-state index in [4.69, 9.17) is 33.7 Å². The number of carbonyl (C=O) groups is 2. The Labute approximate surface area is 276 Å². The van der Waals surface area contributed by atoms with E-state index in [2.05, 4.69) is 4.98 Å². The molecule has 1 aliphatic heterocycles. The lowest BCUT2D eigenvalue weighted by molar-refractivity contribution is -0.128. The number of H-pyrrole nitrogens is 1. The first-order chi connectivity index (χ1) is 22.1. The van der Waals surface area contributed by atoms with Crippen molar-refractivity contribution in [3.8, 4) is 17.6 Å². The van der Waals surface area contributed by atoms with Crippen LogP contribution in [-0.4, -0.2) is 53.7 Å². The van der Waals surface area contributed by atoms with Crippen LogP contribution in [0.15, 0.2) is 71.8 Å². The summed E-state index contributed by atoms with van der Waals surface area (Å²) in [5.41, 5.74) is 7.36. The van der Waals surface area contributed by atoms with Crippen molar-refractivity contribution in [2.45, 2.75) is 43.0 Å². The van der Waals surface area contributed by atoms with Crippen LogP contribution in [0.5, 0.6) is 11.5 Å². The van der Waals surface area contributed by atoms with Crippen LogP contribution in [0, 0.1) is 23.2 Å². The highest BCUT2D eigenvalue weighted by Crippen LogP contribution is 2.36. The normalized spacial score (nSPS) is 20.3. The van der Waals surface area contributed by atoms with Crippen LogP contribution in [0.1, 0.15) is 36.8 Å². The highest BCUT2D eigenvalue weighted by molar-refractivity contribution is 7.89. The van der Waals surface area contributed by atoms with Crippen LogP contribution in [0.25, 0.3) is 10.9 Å². The number of nitrogens with two attached hydrogens (primary N) is 1. The number of carbonyl (C=O) groups excluding carboxylic acids is 2. The lowest BCUT2D eigenvalue weighted by Crippen LogP contribution is -2.42. The zero-order valence-electron chi connectivity index (χ0n) is 24.7. The number of para-hydroxylation sites is 1. The molecule has 1 aromatic heterocycles. The van der Waals surface area contributed by atoms with Crippen molar-refractivity contribution in [3.63, 3.8) is 0 Å². The lowest BCUT2D eigenvalue weighted by atomic mass is 9.81. The molecule has 10 nitrogen and oxygen atoms in total. The fourth-order valence-corrected chi connectivity index (χ4v) is 8.24. The Morgan fingerprint density at radius 3 is 2.57 bits per heavy atom. The molecule has 1 aliphatic carbocycles. The Hall–Kier alpha value is -4.08. The predicted octanol–water partition coefficient (Wildman–Crippen LogP) is 6.47. The summed E-state index contributed by atoms with van der Waals surface area (Å²) in [4.78, 5) is 31.9. The van der Waals surface area contributed by atoms with Gasteiger partial charge < -0.3 is 15.5 Å². The van der Waals surface area contributed by atoms with Gasteiger partial charge in [-0.1, -0.05) is 47.8 Å². The number of urea groups is 1. The number of aromatic nitrogens is 1. The third-order valence-corrected chi connectivity index (χ3v) is 11.3. The Morgan fingerprint density at radius 1 is 1.02 bits per heavy atom. The Kier molecular flexibility index (Phi) is 8.99. The van der Waals surface area contributed by atoms with Crippen molar-refractivity contribution in [3.05, 3.63) is 88.0 Å². The first-order valence-corrected chi connectivity index (χ1v) is 17.1. The number of amides is 3. The molecular weight excluding hydrogens is 649 g/mol. The largest absolute Gasteiger partial charge is 0.456 e. The summed E-state index contributed by atoms with van der Waals surface area (Å²) in [6.45, 7) is 0.637. The fourth-order valence-electron chi connectivity index (χ4n) is 6.41. The summed E-state index contributed by atoms with van der Waals surface area (Å²) < 4.78 is 35.0. The molecule has 0 bridgehead atoms. The zero-order valence-corrected chi connectivity index (χ0v) is 27.0. The summed E-state index contributed by atoms with van der Waals surface area (Å²) in [5.74, 6) is 0.106. The molecule has 1 saturated carbocycles. The van der Waals surface area contributed by atoms with E-state index < -0.39 is 28.0 Å². The minimum absolute atomic E-state index is 0.0228. The number of fused-ring (bicyclic) bond motifs is 1. The Balaban J connectivity index is 1.35. The highest BCUT2D eigenvalue weighted by atomic mass is 35.5. The number of benzene rings is 3. The van der Waals surface area contributed by atoms with Gasteiger partial charge in [0.1, 0.15) is 23.6 Å². The van der Waals surface area contributed by atoms with Gasteiger partial charge in [0.15, 0.2) is 0 Å². The van der Waals surface area contributed by atoms with Crippen molar-refractivity contribution >= 4 is 56.1 Å². The maximum Gasteiger partial charge on any atom is 0.341 e. The second-order valence-corrected chi connectivity index (χ2v) is 14.3. The number of halogens is 2. The molecular formula is C33H31Cl2N5O5S. The molecule has 4 aromatic rings. The summed E-state index contributed by atoms with van der Waals surface area (Å²) in [6, 6.07) is 15.5. The number of nitrogens with one attached hydrogen (secondary N) is 1. The number of hydrogen-bond donors (Lipinski definition) is 2. The molecule has 0 spiro atoms. The molecule has 0 radical (unpaired) electrons. The Bertz CT molecular complexity index is 1970. The van der Waals surface area contributed by atoms with Gasteiger partial charge in [-0.05, 0) is 79.6 Å². The van der Waals surface area contributed by atoms with Gasteiger partial charge in [-0.3, -0.25) is 9.69 Å². The molecule has 3 unspecified atom stereocenters. The lowest BCUT2D eigenvalue weighted by Gasteiger charge is -2.30. The SMILES string of the molecule is N#Cc1cc(S(=O)(=O)N2C(=O)N(CC3CCCC(CN)C3)C(=O)C2Cc2c[nH]c3ccccc23)ccc1Oc1ccc(Cl)c(Cl)c1. The molecule has 3 atom stereocenters. The number of imide groups is 1. The number of aromatic amines is 1. The molecule has 46 heavy (non-hydrogen) atoms. The van der Waals surface area contributed by atoms with Gasteiger partial charge >= 0.3 is 6.03 Å². The quantitative estimate of drug-likeness (QED) is 0.193. The third-order valence-electron chi connectivity index (χ3n) is 8.75. The van der Waals surface area contributed by atoms with Crippen molar-refractivity contribution in [2.24, 2.45) is 17.6 Å². The highest BCUT2D eigenvalue weighted by Gasteiger charge is 2.52. The Morgan fingerprint density at radius 2 is 1.80 bits per heavy atom. The summed E-state index contributed by atoms with van der Waals surface area (Å²) in [7, 11) is -4.60. The smallest absolute Gasteiger partial charge is 0.341 e. The van der Waals surface area contributed by atoms with Crippen LogP contribution in [0.2, 0.25) is 10.0 Å². The molecule has 13 heteroatoms. The number of nitriles is 1. The summed E-state index contributed by atoms with van der Waals surface area (Å²) in [5, 5.41) is 11.3. The molecule has 238 valence electrons. The summed E-state index contributed by atoms with van der Waals surface area (Å²) in [6.07, 6.45) is 5.20. The molecule has 3 N–H and O–H groups in total. The monoisotopic (exact) mass is 679 g/mol. The van der Waals surface area contributed by atoms with E-state index in [9.17, 15) is 23.3 Å². The van der Waals surface area contributed by atoms with Crippen LogP contribution in [-0.2, 0) is 21.2 Å². The number of rotatable bonds is 9. The van der Waals surface area contributed by atoms with E-state index in [1.165, 1.54) is 24.3 Å². The zero-order chi connectivity index (χ0) is 32.6. The van der Waals surface area contributed by atoms with E-state index in [1.54, 1.807) is 12.3 Å². The second-order valence-electron chi connectivity index (χ2n) is 11.7. The van der Waals surface area contributed by atoms with E-state index in [0.29, 0.717) is 27.4 Å². The van der Waals surface area contributed by atoms with Crippen LogP contribution < -0.4 is 10.5 Å². The minimum Gasteiger partial charge on any atom is -0.456 e. The van der Waals surface area contributed by atoms with E-state index in [1.807, 2.05) is 30.3 Å². The fraction of sp³-hybridized carbons (Fsp3) is 0.303. The molecule has 2 aliphatic rings. The van der Waals surface area contributed by atoms with Crippen molar-refractivity contribution in [1.82, 2.24) is 14.2 Å². The standard InChI is InChI=1S/C33H31Cl2N5O5S/c34-27-10-8-24(15-28(27)35)45-31-11-9-25(13-22(31)17-37)46(43,44)40-30(14-23-18-38-29-7-2-1-6-26(23)29)32(41)39(33(40)42)19-21-5-3-4-20(12-21)16-36/h1-2,6-11,13,15,18,20-21,30,38H,3-5,12,14,16,19,36H2. The van der Waals surface area contributed by atoms with Crippen LogP contribution in [0.3, 0.4) is 0 Å². The molecule has 3 amide bonds. The van der Waals surface area contributed by atoms with Gasteiger partial charge in [-0.2, -0.15) is 5.26 Å². The first kappa shape index (κ1) is 31.9. The van der Waals surface area contributed by atoms with Crippen molar-refractivity contribution < 1.29 is 22.7 Å². The number of ether oxygens (including phenoxy) is 1. The van der Waals surface area contributed by atoms with E-state index in [-0.39, 0.29) is 45.9 Å². The average Bonchev–Trinajstić information content (AvgIpc) is 3.57. The van der Waals surface area contributed by atoms with E-state index >= 15 is 0 Å². The van der Waals surface area contributed by atoms with Crippen molar-refractivity contribution in [1.29, 1.82) is 5.26 Å². The minimum atomic E-state index is -4.60. The number of sulfonamides is 1. The maximum absolute atomic E-state index is 14.3. The molecule has 2 heterocycles. The van der Waals surface area contributed by atoms with Gasteiger partial charge in [-0.15, -0.1) is 0 Å². The molecule has 1 saturated heterocycles. The maximum atomic E-state index is 14.3. The summed E-state index contributed by atoms with van der Waals surface area (Å²) >= 11 is 12.1. The molecule has 2 fully saturated rings. The van der Waals surface area contributed by atoms with Gasteiger partial charge in [0.25, 0.3) is 15.9 Å². The molecule has 3 aromatic carbocycles. The van der Waals surface area contributed by atoms with Gasteiger partial charge in [0, 0.05) is 36.1 Å². The van der Waals surface area contributed by atoms with Gasteiger partial charge in [0.2, 0.25) is 0 Å². The second kappa shape index (κ2) is 13.0. The van der Waals surface area contributed by atoms with Crippen molar-refractivity contribution in [2.75, 3.05) is 13.1 Å². The van der Waals surface area contributed by atoms with Crippen LogP contribution in [0.4, 0.5) is 4.79 Å². The number of hydrogen-bond acceptors (Lipinski definition) is 7. The topological polar surface area (TPSA) is 150 Å². The number of nitrogens with zero attached hydrogens (tertiary/aromatic N) is 3. The predicted molar refractivity (Wildman–Crippen MR) is 174 cm³/mol. The van der Waals surface area contributed by atoms with E-state index in [0.717, 1.165) is 47.6 Å². The average molecular weight is 681 g/mol. The third kappa shape index (κ3) is 6.06. The van der Waals surface area contributed by atoms with Crippen LogP contribution >= 0.6 is 23.2 Å². The first-order valence-electron chi connectivity index (χ1n) is 14.9.